The Bertz CT molecular complexity index is 495. The fourth-order valence-corrected chi connectivity index (χ4v) is 1.92. The van der Waals surface area contributed by atoms with Crippen LogP contribution >= 0.6 is 11.6 Å². The molecule has 0 radical (unpaired) electrons. The SMILES string of the molecule is CC(NC1CC1)C(=O)Nc1ccc(OC(F)F)c(Cl)c1. The van der Waals surface area contributed by atoms with Crippen molar-refractivity contribution in [2.24, 2.45) is 0 Å². The second-order valence-electron chi connectivity index (χ2n) is 4.68. The molecule has 0 aliphatic heterocycles. The van der Waals surface area contributed by atoms with Crippen LogP contribution < -0.4 is 15.4 Å². The van der Waals surface area contributed by atoms with Gasteiger partial charge in [0, 0.05) is 11.7 Å². The van der Waals surface area contributed by atoms with Crippen molar-refractivity contribution in [1.29, 1.82) is 0 Å². The van der Waals surface area contributed by atoms with E-state index in [0.29, 0.717) is 11.7 Å². The molecule has 0 heterocycles. The van der Waals surface area contributed by atoms with Gasteiger partial charge in [-0.05, 0) is 38.0 Å². The first-order valence-electron chi connectivity index (χ1n) is 6.27. The van der Waals surface area contributed by atoms with E-state index in [2.05, 4.69) is 15.4 Å². The molecule has 1 unspecified atom stereocenters. The number of rotatable bonds is 6. The van der Waals surface area contributed by atoms with E-state index in [1.54, 1.807) is 6.92 Å². The van der Waals surface area contributed by atoms with Crippen LogP contribution in [-0.2, 0) is 4.79 Å². The minimum Gasteiger partial charge on any atom is -0.433 e. The van der Waals surface area contributed by atoms with Crippen LogP contribution in [0.15, 0.2) is 18.2 Å². The fraction of sp³-hybridized carbons (Fsp3) is 0.462. The van der Waals surface area contributed by atoms with Crippen molar-refractivity contribution in [3.8, 4) is 5.75 Å². The summed E-state index contributed by atoms with van der Waals surface area (Å²) in [6.07, 6.45) is 2.17. The number of hydrogen-bond acceptors (Lipinski definition) is 3. The first-order chi connectivity index (χ1) is 9.45. The summed E-state index contributed by atoms with van der Waals surface area (Å²) < 4.78 is 28.4. The lowest BCUT2D eigenvalue weighted by atomic mass is 10.2. The molecule has 1 saturated carbocycles. The Hall–Kier alpha value is -1.40. The third-order valence-electron chi connectivity index (χ3n) is 2.87. The Balaban J connectivity index is 1.94. The van der Waals surface area contributed by atoms with Gasteiger partial charge < -0.3 is 15.4 Å². The van der Waals surface area contributed by atoms with E-state index in [1.165, 1.54) is 18.2 Å². The van der Waals surface area contributed by atoms with Crippen LogP contribution in [0.2, 0.25) is 5.02 Å². The zero-order chi connectivity index (χ0) is 14.7. The number of carbonyl (C=O) groups excluding carboxylic acids is 1. The minimum atomic E-state index is -2.93. The van der Waals surface area contributed by atoms with Crippen molar-refractivity contribution in [1.82, 2.24) is 5.32 Å². The van der Waals surface area contributed by atoms with Crippen LogP contribution in [0.25, 0.3) is 0 Å². The number of carbonyl (C=O) groups is 1. The molecule has 2 rings (SSSR count). The van der Waals surface area contributed by atoms with Gasteiger partial charge in [0.25, 0.3) is 0 Å². The topological polar surface area (TPSA) is 50.4 Å². The Morgan fingerprint density at radius 3 is 2.70 bits per heavy atom. The predicted octanol–water partition coefficient (Wildman–Crippen LogP) is 3.02. The van der Waals surface area contributed by atoms with Crippen molar-refractivity contribution < 1.29 is 18.3 Å². The van der Waals surface area contributed by atoms with Gasteiger partial charge in [-0.1, -0.05) is 11.6 Å². The van der Waals surface area contributed by atoms with Crippen LogP contribution in [-0.4, -0.2) is 24.6 Å². The number of nitrogens with one attached hydrogen (secondary N) is 2. The lowest BCUT2D eigenvalue weighted by molar-refractivity contribution is -0.117. The van der Waals surface area contributed by atoms with Crippen LogP contribution in [0.1, 0.15) is 19.8 Å². The molecular weight excluding hydrogens is 290 g/mol. The van der Waals surface area contributed by atoms with Gasteiger partial charge in [-0.25, -0.2) is 0 Å². The fourth-order valence-electron chi connectivity index (χ4n) is 1.70. The molecule has 1 aromatic carbocycles. The molecule has 1 fully saturated rings. The minimum absolute atomic E-state index is 0.0194. The molecule has 1 amide bonds. The maximum absolute atomic E-state index is 12.1. The summed E-state index contributed by atoms with van der Waals surface area (Å²) in [5.74, 6) is -0.320. The summed E-state index contributed by atoms with van der Waals surface area (Å²) >= 11 is 5.81. The Morgan fingerprint density at radius 2 is 2.15 bits per heavy atom. The number of anilines is 1. The molecule has 1 aliphatic rings. The molecule has 20 heavy (non-hydrogen) atoms. The number of hydrogen-bond donors (Lipinski definition) is 2. The van der Waals surface area contributed by atoms with Crippen molar-refractivity contribution in [3.05, 3.63) is 23.2 Å². The highest BCUT2D eigenvalue weighted by atomic mass is 35.5. The summed E-state index contributed by atoms with van der Waals surface area (Å²) in [5.41, 5.74) is 0.436. The highest BCUT2D eigenvalue weighted by Crippen LogP contribution is 2.29. The third kappa shape index (κ3) is 4.31. The molecule has 7 heteroatoms. The average molecular weight is 305 g/mol. The quantitative estimate of drug-likeness (QED) is 0.849. The van der Waals surface area contributed by atoms with Gasteiger partial charge in [-0.2, -0.15) is 8.78 Å². The molecule has 110 valence electrons. The summed E-state index contributed by atoms with van der Waals surface area (Å²) in [6.45, 7) is -1.17. The zero-order valence-electron chi connectivity index (χ0n) is 10.8. The van der Waals surface area contributed by atoms with Gasteiger partial charge in [0.2, 0.25) is 5.91 Å². The van der Waals surface area contributed by atoms with Crippen molar-refractivity contribution >= 4 is 23.2 Å². The first kappa shape index (κ1) is 15.0. The van der Waals surface area contributed by atoms with Gasteiger partial charge in [0.05, 0.1) is 11.1 Å². The number of amides is 1. The van der Waals surface area contributed by atoms with E-state index in [9.17, 15) is 13.6 Å². The van der Waals surface area contributed by atoms with Gasteiger partial charge >= 0.3 is 6.61 Å². The monoisotopic (exact) mass is 304 g/mol. The van der Waals surface area contributed by atoms with Crippen LogP contribution in [0.4, 0.5) is 14.5 Å². The molecule has 4 nitrogen and oxygen atoms in total. The van der Waals surface area contributed by atoms with E-state index in [1.807, 2.05) is 0 Å². The molecule has 0 saturated heterocycles. The molecule has 0 aromatic heterocycles. The highest BCUT2D eigenvalue weighted by Gasteiger charge is 2.25. The van der Waals surface area contributed by atoms with E-state index in [-0.39, 0.29) is 22.7 Å². The molecule has 1 atom stereocenters. The molecule has 2 N–H and O–H groups in total. The maximum Gasteiger partial charge on any atom is 0.387 e. The number of halogens is 3. The van der Waals surface area contributed by atoms with E-state index >= 15 is 0 Å². The molecular formula is C13H15ClF2N2O2. The standard InChI is InChI=1S/C13H15ClF2N2O2/c1-7(17-8-2-3-8)12(19)18-9-4-5-11(10(14)6-9)20-13(15)16/h4-8,13,17H,2-3H2,1H3,(H,18,19). The van der Waals surface area contributed by atoms with Gasteiger partial charge in [0.1, 0.15) is 5.75 Å². The van der Waals surface area contributed by atoms with Crippen molar-refractivity contribution in [3.63, 3.8) is 0 Å². The second-order valence-corrected chi connectivity index (χ2v) is 5.08. The zero-order valence-corrected chi connectivity index (χ0v) is 11.6. The summed E-state index contributed by atoms with van der Waals surface area (Å²) in [6, 6.07) is 4.23. The Morgan fingerprint density at radius 1 is 1.45 bits per heavy atom. The van der Waals surface area contributed by atoms with Gasteiger partial charge in [0.15, 0.2) is 0 Å². The van der Waals surface area contributed by atoms with Crippen molar-refractivity contribution in [2.75, 3.05) is 5.32 Å². The summed E-state index contributed by atoms with van der Waals surface area (Å²) in [5, 5.41) is 5.84. The number of alkyl halides is 2. The highest BCUT2D eigenvalue weighted by molar-refractivity contribution is 6.32. The van der Waals surface area contributed by atoms with Crippen LogP contribution in [0.5, 0.6) is 5.75 Å². The summed E-state index contributed by atoms with van der Waals surface area (Å²) in [7, 11) is 0. The maximum atomic E-state index is 12.1. The van der Waals surface area contributed by atoms with Crippen molar-refractivity contribution in [2.45, 2.75) is 38.5 Å². The average Bonchev–Trinajstić information content (AvgIpc) is 3.16. The van der Waals surface area contributed by atoms with E-state index in [4.69, 9.17) is 11.6 Å². The van der Waals surface area contributed by atoms with Crippen LogP contribution in [0, 0.1) is 0 Å². The van der Waals surface area contributed by atoms with E-state index in [0.717, 1.165) is 12.8 Å². The Labute approximate surface area is 120 Å². The van der Waals surface area contributed by atoms with Gasteiger partial charge in [-0.3, -0.25) is 4.79 Å². The second kappa shape index (κ2) is 6.37. The smallest absolute Gasteiger partial charge is 0.387 e. The number of benzene rings is 1. The molecule has 1 aromatic rings. The number of ether oxygens (including phenoxy) is 1. The molecule has 0 spiro atoms. The lowest BCUT2D eigenvalue weighted by Crippen LogP contribution is -2.39. The normalized spacial score (nSPS) is 16.1. The van der Waals surface area contributed by atoms with E-state index < -0.39 is 6.61 Å². The third-order valence-corrected chi connectivity index (χ3v) is 3.17. The molecule has 0 bridgehead atoms. The van der Waals surface area contributed by atoms with Gasteiger partial charge in [-0.15, -0.1) is 0 Å². The lowest BCUT2D eigenvalue weighted by Gasteiger charge is -2.14. The predicted molar refractivity (Wildman–Crippen MR) is 72.3 cm³/mol. The Kier molecular flexibility index (Phi) is 4.77. The molecule has 1 aliphatic carbocycles. The largest absolute Gasteiger partial charge is 0.433 e. The first-order valence-corrected chi connectivity index (χ1v) is 6.65. The van der Waals surface area contributed by atoms with Crippen LogP contribution in [0.3, 0.4) is 0 Å². The summed E-state index contributed by atoms with van der Waals surface area (Å²) in [4.78, 5) is 11.9.